The van der Waals surface area contributed by atoms with Gasteiger partial charge in [0.05, 0.1) is 6.10 Å². The van der Waals surface area contributed by atoms with Gasteiger partial charge in [-0.2, -0.15) is 0 Å². The summed E-state index contributed by atoms with van der Waals surface area (Å²) in [6, 6.07) is 0. The van der Waals surface area contributed by atoms with Gasteiger partial charge in [-0.05, 0) is 75.9 Å². The molecule has 0 amide bonds. The molecule has 5 nitrogen and oxygen atoms in total. The Labute approximate surface area is 190 Å². The van der Waals surface area contributed by atoms with Gasteiger partial charge in [-0.1, -0.05) is 25.5 Å². The van der Waals surface area contributed by atoms with Crippen molar-refractivity contribution in [2.45, 2.75) is 78.4 Å². The Morgan fingerprint density at radius 3 is 2.72 bits per heavy atom. The Kier molecular flexibility index (Phi) is 6.05. The van der Waals surface area contributed by atoms with Crippen LogP contribution in [0.4, 0.5) is 4.39 Å². The van der Waals surface area contributed by atoms with Gasteiger partial charge < -0.3 is 14.6 Å². The highest BCUT2D eigenvalue weighted by Gasteiger charge is 2.71. The Bertz CT molecular complexity index is 851. The van der Waals surface area contributed by atoms with E-state index >= 15 is 4.39 Å². The van der Waals surface area contributed by atoms with E-state index in [2.05, 4.69) is 13.8 Å². The van der Waals surface area contributed by atoms with Crippen LogP contribution in [0.25, 0.3) is 0 Å². The summed E-state index contributed by atoms with van der Waals surface area (Å²) in [6.07, 6.45) is 5.23. The number of fused-ring (bicyclic) bond motifs is 5. The van der Waals surface area contributed by atoms with Gasteiger partial charge in [0.25, 0.3) is 0 Å². The lowest BCUT2D eigenvalue weighted by atomic mass is 9.45. The molecule has 178 valence electrons. The summed E-state index contributed by atoms with van der Waals surface area (Å²) >= 11 is 0. The van der Waals surface area contributed by atoms with Crippen LogP contribution in [0.5, 0.6) is 0 Å². The molecule has 0 saturated heterocycles. The first kappa shape index (κ1) is 23.8. The molecular weight excluding hydrogens is 411 g/mol. The highest BCUT2D eigenvalue weighted by molar-refractivity contribution is 6.01. The molecule has 3 fully saturated rings. The zero-order valence-corrected chi connectivity index (χ0v) is 19.9. The van der Waals surface area contributed by atoms with Crippen LogP contribution in [0, 0.1) is 34.5 Å². The molecule has 0 aromatic rings. The Balaban J connectivity index is 1.63. The van der Waals surface area contributed by atoms with Crippen molar-refractivity contribution >= 4 is 11.6 Å². The van der Waals surface area contributed by atoms with Gasteiger partial charge in [-0.25, -0.2) is 4.39 Å². The summed E-state index contributed by atoms with van der Waals surface area (Å²) in [5.41, 5.74) is -2.55. The maximum Gasteiger partial charge on any atom is 0.178 e. The third-order valence-corrected chi connectivity index (χ3v) is 9.19. The van der Waals surface area contributed by atoms with Crippen molar-refractivity contribution in [1.82, 2.24) is 0 Å². The van der Waals surface area contributed by atoms with Gasteiger partial charge in [0.2, 0.25) is 0 Å². The van der Waals surface area contributed by atoms with Crippen LogP contribution in [0.3, 0.4) is 0 Å². The summed E-state index contributed by atoms with van der Waals surface area (Å²) < 4.78 is 28.1. The van der Waals surface area contributed by atoms with Crippen LogP contribution in [0.15, 0.2) is 23.8 Å². The van der Waals surface area contributed by atoms with Crippen LogP contribution in [0.2, 0.25) is 0 Å². The second-order valence-electron chi connectivity index (χ2n) is 10.8. The fraction of sp³-hybridized carbons (Fsp3) is 0.769. The fourth-order valence-electron chi connectivity index (χ4n) is 7.84. The lowest BCUT2D eigenvalue weighted by Crippen LogP contribution is -2.66. The van der Waals surface area contributed by atoms with Gasteiger partial charge in [-0.3, -0.25) is 9.59 Å². The molecule has 1 N–H and O–H groups in total. The third-order valence-electron chi connectivity index (χ3n) is 9.19. The molecule has 3 saturated carbocycles. The molecular formula is C26H37FO5. The van der Waals surface area contributed by atoms with Crippen LogP contribution in [0.1, 0.15) is 60.3 Å². The number of carbonyl (C=O) groups excluding carboxylic acids is 2. The normalized spacial score (nSPS) is 46.2. The third kappa shape index (κ3) is 3.28. The van der Waals surface area contributed by atoms with Crippen molar-refractivity contribution in [3.63, 3.8) is 0 Å². The molecule has 6 heteroatoms. The van der Waals surface area contributed by atoms with Gasteiger partial charge in [0.1, 0.15) is 6.61 Å². The van der Waals surface area contributed by atoms with Crippen LogP contribution >= 0.6 is 0 Å². The van der Waals surface area contributed by atoms with E-state index < -0.39 is 28.9 Å². The zero-order valence-electron chi connectivity index (χ0n) is 19.9. The van der Waals surface area contributed by atoms with E-state index in [1.165, 1.54) is 6.08 Å². The number of carbonyl (C=O) groups is 2. The summed E-state index contributed by atoms with van der Waals surface area (Å²) in [5, 5.41) is 11.3. The number of ether oxygens (including phenoxy) is 2. The molecule has 2 unspecified atom stereocenters. The molecule has 4 aliphatic carbocycles. The van der Waals surface area contributed by atoms with Crippen LogP contribution < -0.4 is 0 Å². The largest absolute Gasteiger partial charge is 0.390 e. The van der Waals surface area contributed by atoms with Crippen molar-refractivity contribution < 1.29 is 28.6 Å². The molecule has 0 aromatic heterocycles. The SMILES string of the molecule is CCOC(C)OCC(=O)[C@@H]1[C@H](C)C[C@H]2[C@@H]3CCC4=CC(=O)C=CC4(C)[C@@]3(F)[C@@H](O)C[C@]12C. The minimum atomic E-state index is -1.85. The zero-order chi connectivity index (χ0) is 23.5. The van der Waals surface area contributed by atoms with Crippen molar-refractivity contribution in [1.29, 1.82) is 0 Å². The minimum Gasteiger partial charge on any atom is -0.390 e. The molecule has 0 heterocycles. The molecule has 4 rings (SSSR count). The van der Waals surface area contributed by atoms with E-state index in [-0.39, 0.29) is 48.3 Å². The molecule has 0 aromatic carbocycles. The number of allylic oxidation sites excluding steroid dienone is 4. The van der Waals surface area contributed by atoms with E-state index in [0.29, 0.717) is 19.4 Å². The maximum absolute atomic E-state index is 17.1. The van der Waals surface area contributed by atoms with E-state index in [9.17, 15) is 14.7 Å². The van der Waals surface area contributed by atoms with E-state index in [1.54, 1.807) is 19.1 Å². The van der Waals surface area contributed by atoms with E-state index in [1.807, 2.05) is 13.8 Å². The number of hydrogen-bond donors (Lipinski definition) is 1. The lowest BCUT2D eigenvalue weighted by molar-refractivity contribution is -0.197. The maximum atomic E-state index is 17.1. The first-order valence-corrected chi connectivity index (χ1v) is 12.1. The molecule has 32 heavy (non-hydrogen) atoms. The average molecular weight is 449 g/mol. The first-order chi connectivity index (χ1) is 15.0. The standard InChI is InChI=1S/C26H37FO5/c1-6-31-16(3)32-14-21(29)23-15(2)11-20-19-8-7-17-12-18(28)9-10-25(17,5)26(19,27)22(30)13-24(20,23)4/h9-10,12,15-16,19-20,22-23,30H,6-8,11,13-14H2,1-5H3/t15-,16?,19+,20+,22+,23+,24+,25?,26+/m1/s1. The summed E-state index contributed by atoms with van der Waals surface area (Å²) in [6.45, 7) is 10.1. The summed E-state index contributed by atoms with van der Waals surface area (Å²) in [4.78, 5) is 25.2. The van der Waals surface area contributed by atoms with Crippen LogP contribution in [-0.2, 0) is 19.1 Å². The van der Waals surface area contributed by atoms with Gasteiger partial charge >= 0.3 is 0 Å². The number of rotatable bonds is 6. The van der Waals surface area contributed by atoms with E-state index in [0.717, 1.165) is 12.0 Å². The predicted molar refractivity (Wildman–Crippen MR) is 118 cm³/mol. The minimum absolute atomic E-state index is 0.00596. The predicted octanol–water partition coefficient (Wildman–Crippen LogP) is 4.19. The van der Waals surface area contributed by atoms with E-state index in [4.69, 9.17) is 9.47 Å². The molecule has 0 radical (unpaired) electrons. The average Bonchev–Trinajstić information content (AvgIpc) is 2.98. The van der Waals surface area contributed by atoms with Crippen molar-refractivity contribution in [3.8, 4) is 0 Å². The number of ketones is 2. The fourth-order valence-corrected chi connectivity index (χ4v) is 7.84. The van der Waals surface area contributed by atoms with Gasteiger partial charge in [0.15, 0.2) is 23.5 Å². The number of alkyl halides is 1. The second kappa shape index (κ2) is 8.14. The summed E-state index contributed by atoms with van der Waals surface area (Å²) in [7, 11) is 0. The Morgan fingerprint density at radius 1 is 1.31 bits per heavy atom. The van der Waals surface area contributed by atoms with Gasteiger partial charge in [0, 0.05) is 23.9 Å². The Hall–Kier alpha value is -1.37. The smallest absolute Gasteiger partial charge is 0.178 e. The lowest BCUT2D eigenvalue weighted by Gasteiger charge is -2.62. The number of halogens is 1. The number of aliphatic hydroxyl groups is 1. The van der Waals surface area contributed by atoms with Crippen molar-refractivity contribution in [2.24, 2.45) is 34.5 Å². The van der Waals surface area contributed by atoms with Gasteiger partial charge in [-0.15, -0.1) is 0 Å². The Morgan fingerprint density at radius 2 is 2.03 bits per heavy atom. The topological polar surface area (TPSA) is 72.8 Å². The van der Waals surface area contributed by atoms with Crippen molar-refractivity contribution in [3.05, 3.63) is 23.8 Å². The second-order valence-corrected chi connectivity index (χ2v) is 10.8. The van der Waals surface area contributed by atoms with Crippen LogP contribution in [-0.4, -0.2) is 47.9 Å². The first-order valence-electron chi connectivity index (χ1n) is 12.1. The molecule has 0 bridgehead atoms. The van der Waals surface area contributed by atoms with Crippen molar-refractivity contribution in [2.75, 3.05) is 13.2 Å². The highest BCUT2D eigenvalue weighted by Crippen LogP contribution is 2.69. The molecule has 0 aliphatic heterocycles. The quantitative estimate of drug-likeness (QED) is 0.617. The molecule has 4 aliphatic rings. The number of aliphatic hydroxyl groups excluding tert-OH is 1. The molecule has 0 spiro atoms. The monoisotopic (exact) mass is 448 g/mol. The molecule has 9 atom stereocenters. The number of hydrogen-bond acceptors (Lipinski definition) is 5. The highest BCUT2D eigenvalue weighted by atomic mass is 19.1. The number of Topliss-reactive ketones (excluding diaryl/α,β-unsaturated/α-hetero) is 1. The summed E-state index contributed by atoms with van der Waals surface area (Å²) in [5.74, 6) is -0.664.